The molecule has 6 nitrogen and oxygen atoms in total. The Morgan fingerprint density at radius 3 is 2.21 bits per heavy atom. The van der Waals surface area contributed by atoms with Crippen molar-refractivity contribution in [1.82, 2.24) is 4.57 Å². The van der Waals surface area contributed by atoms with Crippen LogP contribution in [0.2, 0.25) is 0 Å². The molecule has 0 fully saturated rings. The van der Waals surface area contributed by atoms with Crippen LogP contribution in [0.25, 0.3) is 27.7 Å². The minimum atomic E-state index is -0.385. The molecule has 0 radical (unpaired) electrons. The summed E-state index contributed by atoms with van der Waals surface area (Å²) in [4.78, 5) is 14.3. The van der Waals surface area contributed by atoms with Crippen LogP contribution in [-0.2, 0) is 6.54 Å². The zero-order valence-electron chi connectivity index (χ0n) is 21.2. The Hall–Kier alpha value is -4.36. The molecule has 38 heavy (non-hydrogen) atoms. The van der Waals surface area contributed by atoms with Gasteiger partial charge in [-0.2, -0.15) is 4.57 Å². The monoisotopic (exact) mass is 532 g/mol. The van der Waals surface area contributed by atoms with Gasteiger partial charge in [0.2, 0.25) is 0 Å². The largest absolute Gasteiger partial charge is 1.00 e. The Morgan fingerprint density at radius 1 is 0.816 bits per heavy atom. The van der Waals surface area contributed by atoms with Crippen molar-refractivity contribution < 1.29 is 35.6 Å². The summed E-state index contributed by atoms with van der Waals surface area (Å²) in [6.07, 6.45) is 3.62. The Bertz CT molecular complexity index is 1650. The van der Waals surface area contributed by atoms with E-state index in [-0.39, 0.29) is 30.3 Å². The highest BCUT2D eigenvalue weighted by Crippen LogP contribution is 2.34. The fourth-order valence-electron chi connectivity index (χ4n) is 4.58. The van der Waals surface area contributed by atoms with Crippen molar-refractivity contribution in [1.29, 1.82) is 0 Å². The summed E-state index contributed by atoms with van der Waals surface area (Å²) in [5.74, 6) is 1.51. The Labute approximate surface area is 225 Å². The Morgan fingerprint density at radius 2 is 1.53 bits per heavy atom. The maximum Gasteiger partial charge on any atom is 0.324 e. The maximum atomic E-state index is 14.4. The lowest BCUT2D eigenvalue weighted by Crippen LogP contribution is -3.00. The van der Waals surface area contributed by atoms with Crippen molar-refractivity contribution in [2.24, 2.45) is 0 Å². The van der Waals surface area contributed by atoms with E-state index >= 15 is 0 Å². The number of ether oxygens (including phenoxy) is 3. The molecular formula is C30H26ClFN2O4. The highest BCUT2D eigenvalue weighted by atomic mass is 35.5. The topological polar surface area (TPSA) is 53.6 Å². The third kappa shape index (κ3) is 4.93. The molecule has 0 saturated carbocycles. The minimum Gasteiger partial charge on any atom is -1.00 e. The molecular weight excluding hydrogens is 507 g/mol. The third-order valence-electron chi connectivity index (χ3n) is 6.36. The molecule has 0 aliphatic rings. The number of aromatic nitrogens is 2. The first-order valence-corrected chi connectivity index (χ1v) is 11.7. The molecule has 0 saturated heterocycles. The quantitative estimate of drug-likeness (QED) is 0.302. The predicted molar refractivity (Wildman–Crippen MR) is 140 cm³/mol. The molecule has 2 aromatic heterocycles. The zero-order valence-corrected chi connectivity index (χ0v) is 21.9. The molecule has 0 N–H and O–H groups in total. The van der Waals surface area contributed by atoms with Gasteiger partial charge in [0, 0.05) is 29.1 Å². The number of hydrogen-bond acceptors (Lipinski definition) is 4. The number of halogens is 2. The van der Waals surface area contributed by atoms with E-state index in [0.717, 1.165) is 10.9 Å². The number of benzene rings is 3. The van der Waals surface area contributed by atoms with Crippen LogP contribution in [-0.4, -0.2) is 25.9 Å². The fourth-order valence-corrected chi connectivity index (χ4v) is 4.58. The zero-order chi connectivity index (χ0) is 25.9. The smallest absolute Gasteiger partial charge is 0.324 e. The normalized spacial score (nSPS) is 10.6. The van der Waals surface area contributed by atoms with Gasteiger partial charge < -0.3 is 26.6 Å². The molecule has 194 valence electrons. The molecule has 3 aromatic carbocycles. The molecule has 0 aliphatic carbocycles. The molecule has 2 heterocycles. The van der Waals surface area contributed by atoms with Crippen LogP contribution >= 0.6 is 0 Å². The molecule has 0 atom stereocenters. The van der Waals surface area contributed by atoms with Crippen molar-refractivity contribution in [2.45, 2.75) is 6.54 Å². The number of fused-ring (bicyclic) bond motifs is 1. The summed E-state index contributed by atoms with van der Waals surface area (Å²) in [5, 5.41) is 0.753. The van der Waals surface area contributed by atoms with E-state index in [4.69, 9.17) is 14.2 Å². The minimum absolute atomic E-state index is 0. The highest BCUT2D eigenvalue weighted by molar-refractivity contribution is 5.98. The van der Waals surface area contributed by atoms with E-state index in [2.05, 4.69) is 0 Å². The Balaban J connectivity index is 0.00000336. The van der Waals surface area contributed by atoms with Gasteiger partial charge in [0.25, 0.3) is 5.69 Å². The second kappa shape index (κ2) is 11.4. The summed E-state index contributed by atoms with van der Waals surface area (Å²) in [6.45, 7) is 0.249. The van der Waals surface area contributed by atoms with Crippen molar-refractivity contribution >= 4 is 10.9 Å². The van der Waals surface area contributed by atoms with E-state index in [1.165, 1.54) is 12.1 Å². The molecule has 0 spiro atoms. The number of nitrogens with zero attached hydrogens (tertiary/aromatic N) is 2. The van der Waals surface area contributed by atoms with Gasteiger partial charge in [0.1, 0.15) is 23.1 Å². The number of hydrogen-bond donors (Lipinski definition) is 0. The second-order valence-corrected chi connectivity index (χ2v) is 8.47. The first kappa shape index (κ1) is 26.7. The lowest BCUT2D eigenvalue weighted by molar-refractivity contribution is -0.596. The molecule has 8 heteroatoms. The summed E-state index contributed by atoms with van der Waals surface area (Å²) in [5.41, 5.74) is 2.88. The molecule has 5 rings (SSSR count). The van der Waals surface area contributed by atoms with E-state index in [0.29, 0.717) is 39.6 Å². The molecule has 5 aromatic rings. The summed E-state index contributed by atoms with van der Waals surface area (Å²) < 4.78 is 34.4. The summed E-state index contributed by atoms with van der Waals surface area (Å²) in [6, 6.07) is 22.9. The standard InChI is InChI=1S/C30H26FN2O4.ClH/c1-35-23-12-13-26-25(17-23)28(20-8-7-9-22(31)16-20)29(32-14-5-4-6-15-32)30(34)33(26)19-21-10-11-24(36-2)18-27(21)37-3;/h4-18H,19H2,1-3H3;1H/q+1;/p-1. The van der Waals surface area contributed by atoms with Crippen molar-refractivity contribution in [3.05, 3.63) is 113 Å². The van der Waals surface area contributed by atoms with Crippen LogP contribution in [0.15, 0.2) is 96.1 Å². The van der Waals surface area contributed by atoms with Gasteiger partial charge in [-0.3, -0.25) is 9.36 Å². The van der Waals surface area contributed by atoms with Gasteiger partial charge in [0.05, 0.1) is 39.0 Å². The molecule has 0 aliphatic heterocycles. The molecule has 0 amide bonds. The van der Waals surface area contributed by atoms with E-state index in [9.17, 15) is 9.18 Å². The van der Waals surface area contributed by atoms with Crippen LogP contribution < -0.4 is 36.7 Å². The van der Waals surface area contributed by atoms with Crippen molar-refractivity contribution in [3.63, 3.8) is 0 Å². The number of rotatable bonds is 7. The highest BCUT2D eigenvalue weighted by Gasteiger charge is 2.26. The lowest BCUT2D eigenvalue weighted by atomic mass is 9.98. The summed E-state index contributed by atoms with van der Waals surface area (Å²) >= 11 is 0. The van der Waals surface area contributed by atoms with Gasteiger partial charge >= 0.3 is 5.56 Å². The number of methoxy groups -OCH3 is 3. The van der Waals surface area contributed by atoms with E-state index < -0.39 is 0 Å². The van der Waals surface area contributed by atoms with Crippen LogP contribution in [0, 0.1) is 5.82 Å². The first-order valence-electron chi connectivity index (χ1n) is 11.7. The average Bonchev–Trinajstić information content (AvgIpc) is 2.94. The van der Waals surface area contributed by atoms with Crippen molar-refractivity contribution in [3.8, 4) is 34.1 Å². The van der Waals surface area contributed by atoms with Crippen LogP contribution in [0.3, 0.4) is 0 Å². The van der Waals surface area contributed by atoms with E-state index in [1.54, 1.807) is 48.7 Å². The van der Waals surface area contributed by atoms with Crippen LogP contribution in [0.4, 0.5) is 4.39 Å². The average molecular weight is 533 g/mol. The SMILES string of the molecule is COc1ccc(Cn2c(=O)c(-[n+]3ccccc3)c(-c3cccc(F)c3)c3cc(OC)ccc32)c(OC)c1.[Cl-]. The third-order valence-corrected chi connectivity index (χ3v) is 6.36. The van der Waals surface area contributed by atoms with Gasteiger partial charge in [-0.15, -0.1) is 0 Å². The lowest BCUT2D eigenvalue weighted by Gasteiger charge is -2.18. The molecule has 0 bridgehead atoms. The Kier molecular flexibility index (Phi) is 7.98. The fraction of sp³-hybridized carbons (Fsp3) is 0.133. The van der Waals surface area contributed by atoms with Gasteiger partial charge in [0.15, 0.2) is 12.4 Å². The van der Waals surface area contributed by atoms with E-state index in [1.807, 2.05) is 60.9 Å². The van der Waals surface area contributed by atoms with Gasteiger partial charge in [-0.25, -0.2) is 4.39 Å². The van der Waals surface area contributed by atoms with Gasteiger partial charge in [-0.1, -0.05) is 18.2 Å². The number of pyridine rings is 2. The second-order valence-electron chi connectivity index (χ2n) is 8.47. The van der Waals surface area contributed by atoms with Crippen LogP contribution in [0.5, 0.6) is 17.2 Å². The molecule has 0 unspecified atom stereocenters. The first-order chi connectivity index (χ1) is 18.0. The maximum absolute atomic E-state index is 14.4. The predicted octanol–water partition coefficient (Wildman–Crippen LogP) is 2.16. The summed E-state index contributed by atoms with van der Waals surface area (Å²) in [7, 11) is 4.77. The van der Waals surface area contributed by atoms with Crippen LogP contribution in [0.1, 0.15) is 5.56 Å². The van der Waals surface area contributed by atoms with Gasteiger partial charge in [-0.05, 0) is 48.0 Å². The van der Waals surface area contributed by atoms with Crippen molar-refractivity contribution in [2.75, 3.05) is 21.3 Å².